The number of carbonyl (C=O) groups is 1. The number of rotatable bonds is 5. The van der Waals surface area contributed by atoms with Crippen LogP contribution in [-0.4, -0.2) is 34.3 Å². The molecule has 0 saturated heterocycles. The summed E-state index contributed by atoms with van der Waals surface area (Å²) in [6, 6.07) is 22.2. The van der Waals surface area contributed by atoms with Gasteiger partial charge in [-0.2, -0.15) is 0 Å². The van der Waals surface area contributed by atoms with Crippen LogP contribution in [0.5, 0.6) is 0 Å². The monoisotopic (exact) mass is 384 g/mol. The smallest absolute Gasteiger partial charge is 0.253 e. The fraction of sp³-hybridized carbons (Fsp3) is 0.167. The number of fused-ring (bicyclic) bond motifs is 1. The molecule has 0 bridgehead atoms. The quantitative estimate of drug-likeness (QED) is 0.534. The standard InChI is InChI=1S/C24H24N4O/c1-17(18-7-9-20(10-8-18)24(29)27(2)3)25-21-13-11-19(12-14-21)22-16-28-15-5-4-6-23(28)26-22/h4-17,25H,1-3H3. The molecule has 5 nitrogen and oxygen atoms in total. The topological polar surface area (TPSA) is 49.6 Å². The van der Waals surface area contributed by atoms with Gasteiger partial charge in [-0.05, 0) is 48.9 Å². The Morgan fingerprint density at radius 3 is 2.38 bits per heavy atom. The van der Waals surface area contributed by atoms with Crippen LogP contribution >= 0.6 is 0 Å². The number of imidazole rings is 1. The van der Waals surface area contributed by atoms with Crippen molar-refractivity contribution in [2.24, 2.45) is 0 Å². The van der Waals surface area contributed by atoms with Crippen molar-refractivity contribution in [3.63, 3.8) is 0 Å². The van der Waals surface area contributed by atoms with Crippen molar-refractivity contribution in [1.82, 2.24) is 14.3 Å². The third-order valence-corrected chi connectivity index (χ3v) is 4.99. The summed E-state index contributed by atoms with van der Waals surface area (Å²) >= 11 is 0. The van der Waals surface area contributed by atoms with Gasteiger partial charge in [0.15, 0.2) is 0 Å². The maximum Gasteiger partial charge on any atom is 0.253 e. The Morgan fingerprint density at radius 2 is 1.72 bits per heavy atom. The van der Waals surface area contributed by atoms with Crippen LogP contribution < -0.4 is 5.32 Å². The molecule has 2 aromatic heterocycles. The molecule has 146 valence electrons. The van der Waals surface area contributed by atoms with Gasteiger partial charge in [0, 0.05) is 49.3 Å². The molecule has 0 spiro atoms. The number of amides is 1. The van der Waals surface area contributed by atoms with Crippen molar-refractivity contribution in [3.05, 3.63) is 90.3 Å². The number of hydrogen-bond acceptors (Lipinski definition) is 3. The molecule has 0 aliphatic carbocycles. The first-order valence-electron chi connectivity index (χ1n) is 9.63. The molecule has 0 fully saturated rings. The summed E-state index contributed by atoms with van der Waals surface area (Å²) in [5.41, 5.74) is 5.84. The Balaban J connectivity index is 1.46. The van der Waals surface area contributed by atoms with Crippen LogP contribution in [0.15, 0.2) is 79.1 Å². The van der Waals surface area contributed by atoms with Gasteiger partial charge in [-0.15, -0.1) is 0 Å². The zero-order valence-electron chi connectivity index (χ0n) is 16.8. The van der Waals surface area contributed by atoms with Gasteiger partial charge in [-0.1, -0.05) is 30.3 Å². The summed E-state index contributed by atoms with van der Waals surface area (Å²) in [5.74, 6) is 0.0136. The van der Waals surface area contributed by atoms with E-state index < -0.39 is 0 Å². The average Bonchev–Trinajstić information content (AvgIpc) is 3.18. The normalized spacial score (nSPS) is 12.0. The molecule has 29 heavy (non-hydrogen) atoms. The highest BCUT2D eigenvalue weighted by Gasteiger charge is 2.10. The Morgan fingerprint density at radius 1 is 1.00 bits per heavy atom. The van der Waals surface area contributed by atoms with Gasteiger partial charge < -0.3 is 14.6 Å². The number of aromatic nitrogens is 2. The maximum absolute atomic E-state index is 12.0. The molecule has 1 N–H and O–H groups in total. The highest BCUT2D eigenvalue weighted by atomic mass is 16.2. The molecule has 1 amide bonds. The van der Waals surface area contributed by atoms with Crippen molar-refractivity contribution in [2.75, 3.05) is 19.4 Å². The lowest BCUT2D eigenvalue weighted by Gasteiger charge is -2.17. The minimum Gasteiger partial charge on any atom is -0.379 e. The second-order valence-electron chi connectivity index (χ2n) is 7.36. The van der Waals surface area contributed by atoms with E-state index in [0.717, 1.165) is 28.2 Å². The predicted molar refractivity (Wildman–Crippen MR) is 117 cm³/mol. The number of nitrogens with one attached hydrogen (secondary N) is 1. The van der Waals surface area contributed by atoms with Crippen LogP contribution in [0, 0.1) is 0 Å². The second-order valence-corrected chi connectivity index (χ2v) is 7.36. The van der Waals surface area contributed by atoms with E-state index in [0.29, 0.717) is 5.56 Å². The van der Waals surface area contributed by atoms with E-state index in [9.17, 15) is 4.79 Å². The van der Waals surface area contributed by atoms with Crippen LogP contribution in [-0.2, 0) is 0 Å². The number of nitrogens with zero attached hydrogens (tertiary/aromatic N) is 3. The van der Waals surface area contributed by atoms with Gasteiger partial charge >= 0.3 is 0 Å². The maximum atomic E-state index is 12.0. The fourth-order valence-corrected chi connectivity index (χ4v) is 3.32. The van der Waals surface area contributed by atoms with Crippen molar-refractivity contribution in [3.8, 4) is 11.3 Å². The molecule has 1 atom stereocenters. The molecule has 0 aliphatic rings. The molecule has 5 heteroatoms. The summed E-state index contributed by atoms with van der Waals surface area (Å²) in [4.78, 5) is 18.3. The zero-order valence-corrected chi connectivity index (χ0v) is 16.8. The van der Waals surface area contributed by atoms with Crippen molar-refractivity contribution < 1.29 is 4.79 Å². The first-order valence-corrected chi connectivity index (χ1v) is 9.63. The van der Waals surface area contributed by atoms with E-state index in [1.807, 2.05) is 59.3 Å². The van der Waals surface area contributed by atoms with Crippen LogP contribution in [0.25, 0.3) is 16.9 Å². The molecular formula is C24H24N4O. The largest absolute Gasteiger partial charge is 0.379 e. The van der Waals surface area contributed by atoms with Gasteiger partial charge in [0.2, 0.25) is 0 Å². The number of anilines is 1. The summed E-state index contributed by atoms with van der Waals surface area (Å²) in [7, 11) is 3.52. The van der Waals surface area contributed by atoms with Crippen molar-refractivity contribution in [1.29, 1.82) is 0 Å². The third kappa shape index (κ3) is 3.99. The zero-order chi connectivity index (χ0) is 20.4. The van der Waals surface area contributed by atoms with E-state index >= 15 is 0 Å². The second kappa shape index (κ2) is 7.80. The van der Waals surface area contributed by atoms with E-state index in [1.54, 1.807) is 19.0 Å². The van der Waals surface area contributed by atoms with Crippen molar-refractivity contribution >= 4 is 17.2 Å². The van der Waals surface area contributed by atoms with E-state index in [4.69, 9.17) is 0 Å². The molecule has 2 aromatic carbocycles. The summed E-state index contributed by atoms with van der Waals surface area (Å²) in [6.07, 6.45) is 4.04. The molecule has 0 aliphatic heterocycles. The van der Waals surface area contributed by atoms with Crippen LogP contribution in [0.4, 0.5) is 5.69 Å². The SMILES string of the molecule is CC(Nc1ccc(-c2cn3ccccc3n2)cc1)c1ccc(C(=O)N(C)C)cc1. The van der Waals surface area contributed by atoms with Gasteiger partial charge in [-0.25, -0.2) is 4.98 Å². The fourth-order valence-electron chi connectivity index (χ4n) is 3.32. The number of carbonyl (C=O) groups excluding carboxylic acids is 1. The Bertz CT molecular complexity index is 1090. The molecule has 1 unspecified atom stereocenters. The minimum atomic E-state index is 0.0136. The van der Waals surface area contributed by atoms with Gasteiger partial charge in [0.1, 0.15) is 5.65 Å². The van der Waals surface area contributed by atoms with Crippen molar-refractivity contribution in [2.45, 2.75) is 13.0 Å². The molecule has 4 aromatic rings. The minimum absolute atomic E-state index is 0.0136. The molecule has 4 rings (SSSR count). The van der Waals surface area contributed by atoms with E-state index in [-0.39, 0.29) is 11.9 Å². The lowest BCUT2D eigenvalue weighted by molar-refractivity contribution is 0.0827. The Kier molecular flexibility index (Phi) is 5.04. The number of benzene rings is 2. The lowest BCUT2D eigenvalue weighted by Crippen LogP contribution is -2.21. The number of pyridine rings is 1. The van der Waals surface area contributed by atoms with Crippen LogP contribution in [0.1, 0.15) is 28.9 Å². The Labute approximate surface area is 170 Å². The summed E-state index contributed by atoms with van der Waals surface area (Å²) in [5, 5.41) is 3.51. The first kappa shape index (κ1) is 18.7. The van der Waals surface area contributed by atoms with E-state index in [2.05, 4.69) is 41.5 Å². The van der Waals surface area contributed by atoms with Gasteiger partial charge in [-0.3, -0.25) is 4.79 Å². The third-order valence-electron chi connectivity index (χ3n) is 4.99. The average molecular weight is 384 g/mol. The predicted octanol–water partition coefficient (Wildman–Crippen LogP) is 4.88. The Hall–Kier alpha value is -3.60. The number of hydrogen-bond donors (Lipinski definition) is 1. The lowest BCUT2D eigenvalue weighted by atomic mass is 10.0. The van der Waals surface area contributed by atoms with Gasteiger partial charge in [0.05, 0.1) is 5.69 Å². The molecule has 0 radical (unpaired) electrons. The van der Waals surface area contributed by atoms with E-state index in [1.165, 1.54) is 0 Å². The van der Waals surface area contributed by atoms with Gasteiger partial charge in [0.25, 0.3) is 5.91 Å². The van der Waals surface area contributed by atoms with Crippen LogP contribution in [0.2, 0.25) is 0 Å². The molecule has 2 heterocycles. The summed E-state index contributed by atoms with van der Waals surface area (Å²) < 4.78 is 2.02. The highest BCUT2D eigenvalue weighted by Crippen LogP contribution is 2.24. The first-order chi connectivity index (χ1) is 14.0. The highest BCUT2D eigenvalue weighted by molar-refractivity contribution is 5.93. The molecular weight excluding hydrogens is 360 g/mol. The molecule has 0 saturated carbocycles. The summed E-state index contributed by atoms with van der Waals surface area (Å²) in [6.45, 7) is 2.11. The van der Waals surface area contributed by atoms with Crippen LogP contribution in [0.3, 0.4) is 0 Å².